The van der Waals surface area contributed by atoms with Crippen LogP contribution in [-0.4, -0.2) is 32.8 Å². The maximum Gasteiger partial charge on any atom is 0.387 e. The molecule has 0 aliphatic carbocycles. The van der Waals surface area contributed by atoms with Crippen molar-refractivity contribution in [3.8, 4) is 5.75 Å². The van der Waals surface area contributed by atoms with Crippen LogP contribution in [0.25, 0.3) is 0 Å². The molecular weight excluding hydrogens is 328 g/mol. The van der Waals surface area contributed by atoms with E-state index < -0.39 is 22.7 Å². The molecule has 120 valence electrons. The zero-order chi connectivity index (χ0) is 16.2. The smallest absolute Gasteiger partial charge is 0.387 e. The Balaban J connectivity index is 3.01. The van der Waals surface area contributed by atoms with E-state index in [4.69, 9.17) is 16.7 Å². The van der Waals surface area contributed by atoms with Gasteiger partial charge < -0.3 is 9.84 Å². The van der Waals surface area contributed by atoms with Crippen molar-refractivity contribution in [2.45, 2.75) is 31.4 Å². The zero-order valence-corrected chi connectivity index (χ0v) is 13.0. The molecule has 9 heteroatoms. The minimum absolute atomic E-state index is 0.123. The van der Waals surface area contributed by atoms with Crippen LogP contribution >= 0.6 is 11.6 Å². The molecule has 21 heavy (non-hydrogen) atoms. The summed E-state index contributed by atoms with van der Waals surface area (Å²) in [6, 6.07) is 2.49. The Hall–Kier alpha value is -0.960. The van der Waals surface area contributed by atoms with Gasteiger partial charge in [-0.15, -0.1) is 0 Å². The van der Waals surface area contributed by atoms with E-state index in [-0.39, 0.29) is 28.2 Å². The molecule has 1 atom stereocenters. The highest BCUT2D eigenvalue weighted by Gasteiger charge is 2.23. The summed E-state index contributed by atoms with van der Waals surface area (Å²) in [4.78, 5) is -0.201. The molecule has 1 rings (SSSR count). The van der Waals surface area contributed by atoms with Crippen molar-refractivity contribution in [3.05, 3.63) is 23.2 Å². The van der Waals surface area contributed by atoms with Gasteiger partial charge in [0.1, 0.15) is 5.75 Å². The molecule has 0 heterocycles. The fourth-order valence-electron chi connectivity index (χ4n) is 1.49. The van der Waals surface area contributed by atoms with Crippen molar-refractivity contribution in [2.75, 3.05) is 6.61 Å². The molecule has 5 nitrogen and oxygen atoms in total. The standard InChI is InChI=1S/C12H16ClF2NO4S/c1-7(2)10(6-17)16-21(18,19)8-3-4-11(9(13)5-8)20-12(14)15/h3-5,7,10,12,16-17H,6H2,1-2H3. The van der Waals surface area contributed by atoms with Crippen LogP contribution in [0.5, 0.6) is 5.75 Å². The van der Waals surface area contributed by atoms with Gasteiger partial charge in [0.15, 0.2) is 0 Å². The molecule has 0 aromatic heterocycles. The SMILES string of the molecule is CC(C)C(CO)NS(=O)(=O)c1ccc(OC(F)F)c(Cl)c1. The molecule has 0 amide bonds. The molecule has 0 radical (unpaired) electrons. The molecule has 0 aliphatic heterocycles. The molecule has 0 fully saturated rings. The molecule has 0 bridgehead atoms. The zero-order valence-electron chi connectivity index (χ0n) is 11.4. The number of hydrogen-bond donors (Lipinski definition) is 2. The number of nitrogens with one attached hydrogen (secondary N) is 1. The number of aliphatic hydroxyl groups is 1. The maximum absolute atomic E-state index is 12.1. The first kappa shape index (κ1) is 18.1. The van der Waals surface area contributed by atoms with E-state index in [2.05, 4.69) is 9.46 Å². The summed E-state index contributed by atoms with van der Waals surface area (Å²) in [7, 11) is -3.92. The second-order valence-corrected chi connectivity index (χ2v) is 6.75. The van der Waals surface area contributed by atoms with E-state index in [1.807, 2.05) is 0 Å². The summed E-state index contributed by atoms with van der Waals surface area (Å²) in [6.07, 6.45) is 0. The van der Waals surface area contributed by atoms with Gasteiger partial charge in [0, 0.05) is 6.04 Å². The monoisotopic (exact) mass is 343 g/mol. The topological polar surface area (TPSA) is 75.6 Å². The van der Waals surface area contributed by atoms with Gasteiger partial charge in [0.25, 0.3) is 0 Å². The predicted octanol–water partition coefficient (Wildman–Crippen LogP) is 2.24. The van der Waals surface area contributed by atoms with E-state index in [0.717, 1.165) is 18.2 Å². The van der Waals surface area contributed by atoms with Gasteiger partial charge in [-0.2, -0.15) is 8.78 Å². The number of rotatable bonds is 7. The van der Waals surface area contributed by atoms with Crippen molar-refractivity contribution < 1.29 is 27.0 Å². The van der Waals surface area contributed by atoms with Crippen molar-refractivity contribution in [1.29, 1.82) is 0 Å². The first-order chi connectivity index (χ1) is 9.67. The molecule has 0 saturated heterocycles. The summed E-state index contributed by atoms with van der Waals surface area (Å²) in [6.45, 7) is 0.0751. The third-order valence-corrected chi connectivity index (χ3v) is 4.52. The number of sulfonamides is 1. The van der Waals surface area contributed by atoms with E-state index >= 15 is 0 Å². The van der Waals surface area contributed by atoms with Crippen LogP contribution in [-0.2, 0) is 10.0 Å². The summed E-state index contributed by atoms with van der Waals surface area (Å²) in [5, 5.41) is 8.90. The number of hydrogen-bond acceptors (Lipinski definition) is 4. The summed E-state index contributed by atoms with van der Waals surface area (Å²) >= 11 is 5.71. The lowest BCUT2D eigenvalue weighted by Gasteiger charge is -2.20. The van der Waals surface area contributed by atoms with Crippen LogP contribution < -0.4 is 9.46 Å². The van der Waals surface area contributed by atoms with Gasteiger partial charge in [-0.05, 0) is 24.1 Å². The molecular formula is C12H16ClF2NO4S. The highest BCUT2D eigenvalue weighted by molar-refractivity contribution is 7.89. The van der Waals surface area contributed by atoms with Gasteiger partial charge >= 0.3 is 6.61 Å². The Kier molecular flexibility index (Phi) is 6.33. The van der Waals surface area contributed by atoms with Gasteiger partial charge in [0.2, 0.25) is 10.0 Å². The average molecular weight is 344 g/mol. The molecule has 1 aromatic carbocycles. The minimum Gasteiger partial charge on any atom is -0.433 e. The Morgan fingerprint density at radius 1 is 1.38 bits per heavy atom. The van der Waals surface area contributed by atoms with E-state index in [1.54, 1.807) is 13.8 Å². The predicted molar refractivity (Wildman–Crippen MR) is 74.1 cm³/mol. The molecule has 0 spiro atoms. The Bertz CT molecular complexity index is 581. The molecule has 0 saturated carbocycles. The highest BCUT2D eigenvalue weighted by Crippen LogP contribution is 2.28. The molecule has 1 unspecified atom stereocenters. The highest BCUT2D eigenvalue weighted by atomic mass is 35.5. The van der Waals surface area contributed by atoms with Gasteiger partial charge in [0.05, 0.1) is 16.5 Å². The van der Waals surface area contributed by atoms with E-state index in [1.165, 1.54) is 0 Å². The quantitative estimate of drug-likeness (QED) is 0.796. The molecule has 1 aromatic rings. The number of alkyl halides is 2. The second-order valence-electron chi connectivity index (χ2n) is 4.63. The van der Waals surface area contributed by atoms with Crippen molar-refractivity contribution in [2.24, 2.45) is 5.92 Å². The molecule has 0 aliphatic rings. The third-order valence-electron chi connectivity index (χ3n) is 2.74. The Morgan fingerprint density at radius 2 is 2.00 bits per heavy atom. The lowest BCUT2D eigenvalue weighted by molar-refractivity contribution is -0.0498. The summed E-state index contributed by atoms with van der Waals surface area (Å²) in [5.41, 5.74) is 0. The van der Waals surface area contributed by atoms with Crippen molar-refractivity contribution in [1.82, 2.24) is 4.72 Å². The minimum atomic E-state index is -3.92. The fraction of sp³-hybridized carbons (Fsp3) is 0.500. The van der Waals surface area contributed by atoms with Gasteiger partial charge in [-0.3, -0.25) is 0 Å². The molecule has 2 N–H and O–H groups in total. The van der Waals surface area contributed by atoms with Crippen LogP contribution in [0.15, 0.2) is 23.1 Å². The third kappa shape index (κ3) is 5.06. The first-order valence-corrected chi connectivity index (χ1v) is 7.91. The lowest BCUT2D eigenvalue weighted by atomic mass is 10.1. The maximum atomic E-state index is 12.1. The van der Waals surface area contributed by atoms with Crippen LogP contribution in [0.1, 0.15) is 13.8 Å². The van der Waals surface area contributed by atoms with Gasteiger partial charge in [-0.25, -0.2) is 13.1 Å². The van der Waals surface area contributed by atoms with Gasteiger partial charge in [-0.1, -0.05) is 25.4 Å². The second kappa shape index (κ2) is 7.35. The Labute approximate surface area is 126 Å². The largest absolute Gasteiger partial charge is 0.433 e. The number of aliphatic hydroxyl groups excluding tert-OH is 1. The van der Waals surface area contributed by atoms with Crippen LogP contribution in [0.4, 0.5) is 8.78 Å². The lowest BCUT2D eigenvalue weighted by Crippen LogP contribution is -2.41. The average Bonchev–Trinajstić information content (AvgIpc) is 2.37. The van der Waals surface area contributed by atoms with Crippen molar-refractivity contribution >= 4 is 21.6 Å². The van der Waals surface area contributed by atoms with Crippen LogP contribution in [0.2, 0.25) is 5.02 Å². The number of benzene rings is 1. The summed E-state index contributed by atoms with van der Waals surface area (Å²) in [5.74, 6) is -0.435. The first-order valence-electron chi connectivity index (χ1n) is 6.05. The fourth-order valence-corrected chi connectivity index (χ4v) is 3.18. The van der Waals surface area contributed by atoms with Crippen LogP contribution in [0, 0.1) is 5.92 Å². The van der Waals surface area contributed by atoms with Crippen molar-refractivity contribution in [3.63, 3.8) is 0 Å². The van der Waals surface area contributed by atoms with E-state index in [9.17, 15) is 17.2 Å². The summed E-state index contributed by atoms with van der Waals surface area (Å²) < 4.78 is 54.9. The Morgan fingerprint density at radius 3 is 2.43 bits per heavy atom. The normalized spacial score (nSPS) is 13.7. The number of halogens is 3. The van der Waals surface area contributed by atoms with E-state index in [0.29, 0.717) is 0 Å². The van der Waals surface area contributed by atoms with Crippen LogP contribution in [0.3, 0.4) is 0 Å². The number of ether oxygens (including phenoxy) is 1.